The second-order valence-electron chi connectivity index (χ2n) is 7.66. The Labute approximate surface area is 154 Å². The van der Waals surface area contributed by atoms with Crippen LogP contribution in [-0.2, 0) is 25.5 Å². The van der Waals surface area contributed by atoms with Gasteiger partial charge in [-0.25, -0.2) is 0 Å². The first-order valence-electron chi connectivity index (χ1n) is 9.28. The van der Waals surface area contributed by atoms with E-state index in [1.54, 1.807) is 32.9 Å². The number of benzene rings is 1. The molecule has 1 saturated carbocycles. The van der Waals surface area contributed by atoms with Crippen LogP contribution in [0.5, 0.6) is 0 Å². The minimum Gasteiger partial charge on any atom is -0.465 e. The molecule has 3 atom stereocenters. The number of Topliss-reactive ketones (excluding diaryl/α,β-unsaturated/α-hetero) is 1. The lowest BCUT2D eigenvalue weighted by Crippen LogP contribution is -2.40. The molecule has 26 heavy (non-hydrogen) atoms. The van der Waals surface area contributed by atoms with Crippen LogP contribution >= 0.6 is 0 Å². The number of hydrogen-bond donors (Lipinski definition) is 0. The zero-order chi connectivity index (χ0) is 19.3. The van der Waals surface area contributed by atoms with Crippen LogP contribution in [-0.4, -0.2) is 29.9 Å². The summed E-state index contributed by atoms with van der Waals surface area (Å²) in [6.07, 6.45) is 1.26. The van der Waals surface area contributed by atoms with Crippen molar-refractivity contribution < 1.29 is 23.9 Å². The maximum atomic E-state index is 13.5. The van der Waals surface area contributed by atoms with Crippen LogP contribution in [0.2, 0.25) is 0 Å². The third kappa shape index (κ3) is 2.06. The minimum absolute atomic E-state index is 0.153. The first-order valence-corrected chi connectivity index (χ1v) is 9.28. The predicted molar refractivity (Wildman–Crippen MR) is 95.6 cm³/mol. The van der Waals surface area contributed by atoms with Crippen molar-refractivity contribution in [3.63, 3.8) is 0 Å². The van der Waals surface area contributed by atoms with Gasteiger partial charge in [-0.1, -0.05) is 38.1 Å². The van der Waals surface area contributed by atoms with Crippen LogP contribution in [0, 0.1) is 16.7 Å². The van der Waals surface area contributed by atoms with E-state index < -0.39 is 34.3 Å². The van der Waals surface area contributed by atoms with Gasteiger partial charge in [-0.2, -0.15) is 0 Å². The monoisotopic (exact) mass is 358 g/mol. The number of cyclic esters (lactones) is 1. The third-order valence-corrected chi connectivity index (χ3v) is 6.10. The molecule has 1 heterocycles. The standard InChI is InChI=1S/C21H26O5/c1-6-13-9-11-14(12-10-13)15(22)20(7-2)16-19(4,5)26-18(24)21(16,20)17(23)25-8-3/h9-12,16H,6-8H2,1-5H3/t16-,20-,21-/m1/s1. The molecule has 1 saturated heterocycles. The van der Waals surface area contributed by atoms with Gasteiger partial charge in [0, 0.05) is 11.5 Å². The smallest absolute Gasteiger partial charge is 0.325 e. The average molecular weight is 358 g/mol. The van der Waals surface area contributed by atoms with Crippen molar-refractivity contribution in [3.05, 3.63) is 35.4 Å². The molecule has 1 aliphatic heterocycles. The number of carbonyl (C=O) groups excluding carboxylic acids is 3. The van der Waals surface area contributed by atoms with Crippen molar-refractivity contribution in [2.75, 3.05) is 6.61 Å². The van der Waals surface area contributed by atoms with Gasteiger partial charge in [0.1, 0.15) is 5.60 Å². The van der Waals surface area contributed by atoms with Crippen LogP contribution in [0.1, 0.15) is 57.0 Å². The Morgan fingerprint density at radius 3 is 2.23 bits per heavy atom. The molecule has 0 bridgehead atoms. The van der Waals surface area contributed by atoms with Gasteiger partial charge in [0.05, 0.1) is 12.0 Å². The maximum Gasteiger partial charge on any atom is 0.325 e. The van der Waals surface area contributed by atoms with Gasteiger partial charge in [-0.3, -0.25) is 14.4 Å². The number of ketones is 1. The number of hydrogen-bond acceptors (Lipinski definition) is 5. The third-order valence-electron chi connectivity index (χ3n) is 6.10. The molecule has 0 radical (unpaired) electrons. The molecule has 140 valence electrons. The fourth-order valence-corrected chi connectivity index (χ4v) is 5.06. The van der Waals surface area contributed by atoms with Gasteiger partial charge >= 0.3 is 11.9 Å². The zero-order valence-electron chi connectivity index (χ0n) is 16.0. The Kier molecular flexibility index (Phi) is 4.25. The minimum atomic E-state index is -1.53. The number of ether oxygens (including phenoxy) is 2. The van der Waals surface area contributed by atoms with Crippen LogP contribution in [0.15, 0.2) is 24.3 Å². The van der Waals surface area contributed by atoms with Crippen molar-refractivity contribution in [3.8, 4) is 0 Å². The van der Waals surface area contributed by atoms with E-state index in [-0.39, 0.29) is 12.4 Å². The van der Waals surface area contributed by atoms with Gasteiger partial charge in [-0.05, 0) is 39.2 Å². The molecule has 1 aliphatic carbocycles. The van der Waals surface area contributed by atoms with Crippen molar-refractivity contribution in [1.29, 1.82) is 0 Å². The summed E-state index contributed by atoms with van der Waals surface area (Å²) in [6, 6.07) is 7.39. The lowest BCUT2D eigenvalue weighted by atomic mass is 9.81. The van der Waals surface area contributed by atoms with Crippen LogP contribution < -0.4 is 0 Å². The van der Waals surface area contributed by atoms with Crippen molar-refractivity contribution >= 4 is 17.7 Å². The molecule has 0 aromatic heterocycles. The Bertz CT molecular complexity index is 763. The van der Waals surface area contributed by atoms with Crippen LogP contribution in [0.4, 0.5) is 0 Å². The van der Waals surface area contributed by atoms with Crippen LogP contribution in [0.3, 0.4) is 0 Å². The van der Waals surface area contributed by atoms with Crippen molar-refractivity contribution in [2.24, 2.45) is 16.7 Å². The van der Waals surface area contributed by atoms with Crippen LogP contribution in [0.25, 0.3) is 0 Å². The summed E-state index contributed by atoms with van der Waals surface area (Å²) in [4.78, 5) is 39.2. The predicted octanol–water partition coefficient (Wildman–Crippen LogP) is 3.34. The maximum absolute atomic E-state index is 13.5. The molecule has 0 amide bonds. The van der Waals surface area contributed by atoms with E-state index in [9.17, 15) is 14.4 Å². The molecule has 1 aromatic rings. The van der Waals surface area contributed by atoms with E-state index in [2.05, 4.69) is 0 Å². The highest BCUT2D eigenvalue weighted by molar-refractivity contribution is 6.19. The highest BCUT2D eigenvalue weighted by atomic mass is 16.6. The van der Waals surface area contributed by atoms with E-state index in [4.69, 9.17) is 9.47 Å². The summed E-state index contributed by atoms with van der Waals surface area (Å²) in [5, 5.41) is 0. The summed E-state index contributed by atoms with van der Waals surface area (Å²) in [5.41, 5.74) is -1.87. The number of carbonyl (C=O) groups is 3. The molecule has 0 N–H and O–H groups in total. The molecule has 5 heteroatoms. The Hall–Kier alpha value is -2.17. The number of aryl methyl sites for hydroxylation is 1. The molecule has 0 unspecified atom stereocenters. The Balaban J connectivity index is 2.11. The van der Waals surface area contributed by atoms with Crippen molar-refractivity contribution in [2.45, 2.75) is 53.1 Å². The lowest BCUT2D eigenvalue weighted by Gasteiger charge is -2.28. The quantitative estimate of drug-likeness (QED) is 0.443. The zero-order valence-corrected chi connectivity index (χ0v) is 16.0. The molecule has 5 nitrogen and oxygen atoms in total. The molecular weight excluding hydrogens is 332 g/mol. The number of esters is 2. The van der Waals surface area contributed by atoms with E-state index in [0.29, 0.717) is 12.0 Å². The second-order valence-corrected chi connectivity index (χ2v) is 7.66. The summed E-state index contributed by atoms with van der Waals surface area (Å²) < 4.78 is 10.7. The molecule has 0 spiro atoms. The fourth-order valence-electron chi connectivity index (χ4n) is 5.06. The number of rotatable bonds is 6. The highest BCUT2D eigenvalue weighted by Gasteiger charge is 2.95. The topological polar surface area (TPSA) is 69.7 Å². The van der Waals surface area contributed by atoms with Gasteiger partial charge in [0.25, 0.3) is 0 Å². The van der Waals surface area contributed by atoms with Gasteiger partial charge < -0.3 is 9.47 Å². The lowest BCUT2D eigenvalue weighted by molar-refractivity contribution is -0.166. The van der Waals surface area contributed by atoms with E-state index in [1.165, 1.54) is 0 Å². The van der Waals surface area contributed by atoms with E-state index >= 15 is 0 Å². The summed E-state index contributed by atoms with van der Waals surface area (Å²) in [5.74, 6) is -1.96. The molecule has 3 rings (SSSR count). The second kappa shape index (κ2) is 5.93. The fraction of sp³-hybridized carbons (Fsp3) is 0.571. The SMILES string of the molecule is CCOC(=O)[C@@]12C(=O)OC(C)(C)[C@@H]1[C@@]2(CC)C(=O)c1ccc(CC)cc1. The van der Waals surface area contributed by atoms with Gasteiger partial charge in [0.2, 0.25) is 0 Å². The first kappa shape index (κ1) is 18.6. The Morgan fingerprint density at radius 2 is 1.73 bits per heavy atom. The summed E-state index contributed by atoms with van der Waals surface area (Å²) >= 11 is 0. The molecule has 1 aromatic carbocycles. The first-order chi connectivity index (χ1) is 12.2. The number of fused-ring (bicyclic) bond motifs is 1. The van der Waals surface area contributed by atoms with E-state index in [1.807, 2.05) is 26.0 Å². The summed E-state index contributed by atoms with van der Waals surface area (Å²) in [6.45, 7) is 9.27. The molecule has 2 aliphatic rings. The average Bonchev–Trinajstić information content (AvgIpc) is 3.21. The highest BCUT2D eigenvalue weighted by Crippen LogP contribution is 2.80. The Morgan fingerprint density at radius 1 is 1.12 bits per heavy atom. The van der Waals surface area contributed by atoms with E-state index in [0.717, 1.165) is 12.0 Å². The summed E-state index contributed by atoms with van der Waals surface area (Å²) in [7, 11) is 0. The van der Waals surface area contributed by atoms with Crippen molar-refractivity contribution in [1.82, 2.24) is 0 Å². The largest absolute Gasteiger partial charge is 0.465 e. The van der Waals surface area contributed by atoms with Gasteiger partial charge in [0.15, 0.2) is 11.2 Å². The molecule has 2 fully saturated rings. The molecular formula is C21H26O5. The normalized spacial score (nSPS) is 31.1. The van der Waals surface area contributed by atoms with Gasteiger partial charge in [-0.15, -0.1) is 0 Å².